The highest BCUT2D eigenvalue weighted by Gasteiger charge is 2.26. The van der Waals surface area contributed by atoms with Gasteiger partial charge in [-0.2, -0.15) is 0 Å². The van der Waals surface area contributed by atoms with Crippen LogP contribution in [0.5, 0.6) is 0 Å². The van der Waals surface area contributed by atoms with Crippen LogP contribution in [0.25, 0.3) is 0 Å². The third-order valence-corrected chi connectivity index (χ3v) is 5.90. The van der Waals surface area contributed by atoms with E-state index >= 15 is 0 Å². The molecule has 0 aliphatic carbocycles. The Kier molecular flexibility index (Phi) is 5.67. The molecule has 0 aromatic heterocycles. The van der Waals surface area contributed by atoms with Crippen LogP contribution < -0.4 is 15.4 Å². The molecule has 7 nitrogen and oxygen atoms in total. The zero-order valence-corrected chi connectivity index (χ0v) is 14.7. The summed E-state index contributed by atoms with van der Waals surface area (Å²) in [6.07, 6.45) is -0.640. The van der Waals surface area contributed by atoms with Crippen molar-refractivity contribution in [3.63, 3.8) is 0 Å². The predicted octanol–water partition coefficient (Wildman–Crippen LogP) is -0.290. The maximum atomic E-state index is 13.1. The molecule has 2 aliphatic heterocycles. The Morgan fingerprint density at radius 3 is 2.76 bits per heavy atom. The number of benzene rings is 1. The minimum absolute atomic E-state index is 0.0447. The Morgan fingerprint density at radius 2 is 2.08 bits per heavy atom. The highest BCUT2D eigenvalue weighted by molar-refractivity contribution is 7.89. The van der Waals surface area contributed by atoms with Crippen molar-refractivity contribution in [1.29, 1.82) is 0 Å². The maximum absolute atomic E-state index is 13.1. The fourth-order valence-electron chi connectivity index (χ4n) is 3.07. The van der Waals surface area contributed by atoms with Gasteiger partial charge in [0.25, 0.3) is 5.91 Å². The fourth-order valence-corrected chi connectivity index (χ4v) is 4.19. The molecule has 0 radical (unpaired) electrons. The van der Waals surface area contributed by atoms with Crippen molar-refractivity contribution in [1.82, 2.24) is 20.3 Å². The van der Waals surface area contributed by atoms with Gasteiger partial charge in [0.2, 0.25) is 10.0 Å². The van der Waals surface area contributed by atoms with E-state index < -0.39 is 16.2 Å². The zero-order valence-electron chi connectivity index (χ0n) is 13.9. The number of halogens is 1. The molecule has 0 spiro atoms. The van der Waals surface area contributed by atoms with Gasteiger partial charge in [0, 0.05) is 50.9 Å². The van der Waals surface area contributed by atoms with Crippen LogP contribution in [0.15, 0.2) is 29.2 Å². The predicted molar refractivity (Wildman–Crippen MR) is 91.7 cm³/mol. The molecule has 0 unspecified atom stereocenters. The zero-order chi connectivity index (χ0) is 17.9. The lowest BCUT2D eigenvalue weighted by Gasteiger charge is -2.27. The topological polar surface area (TPSA) is 90.5 Å². The quantitative estimate of drug-likeness (QED) is 0.663. The van der Waals surface area contributed by atoms with Crippen molar-refractivity contribution in [3.8, 4) is 0 Å². The fraction of sp³-hybridized carbons (Fsp3) is 0.562. The average Bonchev–Trinajstić information content (AvgIpc) is 3.06. The summed E-state index contributed by atoms with van der Waals surface area (Å²) >= 11 is 0. The third-order valence-electron chi connectivity index (χ3n) is 4.48. The first-order chi connectivity index (χ1) is 12.0. The number of piperazine rings is 1. The lowest BCUT2D eigenvalue weighted by Crippen LogP contribution is -2.46. The third kappa shape index (κ3) is 4.55. The van der Waals surface area contributed by atoms with Crippen LogP contribution in [0.1, 0.15) is 16.8 Å². The minimum Gasteiger partial charge on any atom is -0.336 e. The molecule has 1 aromatic carbocycles. The van der Waals surface area contributed by atoms with Crippen LogP contribution in [-0.2, 0) is 10.0 Å². The van der Waals surface area contributed by atoms with Gasteiger partial charge in [-0.25, -0.2) is 17.5 Å². The van der Waals surface area contributed by atoms with Gasteiger partial charge in [-0.3, -0.25) is 4.79 Å². The highest BCUT2D eigenvalue weighted by atomic mass is 32.2. The molecule has 2 atom stereocenters. The number of nitrogens with zero attached hydrogens (tertiary/aromatic N) is 1. The largest absolute Gasteiger partial charge is 0.336 e. The van der Waals surface area contributed by atoms with Crippen molar-refractivity contribution < 1.29 is 17.6 Å². The van der Waals surface area contributed by atoms with Crippen LogP contribution in [-0.4, -0.2) is 70.7 Å². The number of carbonyl (C=O) groups is 1. The van der Waals surface area contributed by atoms with Gasteiger partial charge >= 0.3 is 0 Å². The number of amides is 1. The van der Waals surface area contributed by atoms with Crippen LogP contribution >= 0.6 is 0 Å². The summed E-state index contributed by atoms with van der Waals surface area (Å²) in [5.74, 6) is -0.170. The van der Waals surface area contributed by atoms with Gasteiger partial charge in [-0.05, 0) is 24.6 Å². The molecule has 2 heterocycles. The Bertz CT molecular complexity index is 722. The molecule has 0 bridgehead atoms. The summed E-state index contributed by atoms with van der Waals surface area (Å²) in [6.45, 7) is 3.04. The Balaban J connectivity index is 1.68. The Hall–Kier alpha value is -1.55. The second-order valence-electron chi connectivity index (χ2n) is 6.36. The normalized spacial score (nSPS) is 24.4. The monoisotopic (exact) mass is 370 g/mol. The van der Waals surface area contributed by atoms with Gasteiger partial charge in [0.15, 0.2) is 0 Å². The smallest absolute Gasteiger partial charge is 0.253 e. The van der Waals surface area contributed by atoms with Crippen molar-refractivity contribution in [2.75, 3.05) is 39.3 Å². The first kappa shape index (κ1) is 18.2. The van der Waals surface area contributed by atoms with Crippen molar-refractivity contribution >= 4 is 15.9 Å². The van der Waals surface area contributed by atoms with Crippen LogP contribution in [0, 0.1) is 0 Å². The number of hydrogen-bond acceptors (Lipinski definition) is 5. The number of hydrogen-bond donors (Lipinski definition) is 3. The summed E-state index contributed by atoms with van der Waals surface area (Å²) in [4.78, 5) is 14.3. The lowest BCUT2D eigenvalue weighted by atomic mass is 10.2. The van der Waals surface area contributed by atoms with Crippen LogP contribution in [0.4, 0.5) is 4.39 Å². The maximum Gasteiger partial charge on any atom is 0.253 e. The minimum atomic E-state index is -3.75. The summed E-state index contributed by atoms with van der Waals surface area (Å²) in [5, 5.41) is 6.11. The van der Waals surface area contributed by atoms with E-state index in [0.717, 1.165) is 13.1 Å². The van der Waals surface area contributed by atoms with E-state index in [-0.39, 0.29) is 29.9 Å². The number of sulfonamides is 1. The molecule has 0 saturated carbocycles. The standard InChI is InChI=1S/C16H23FN4O3S/c17-13-9-14(19-10-13)11-20-25(23,24)15-3-1-2-12(8-15)16(22)21-6-4-18-5-7-21/h1-3,8,13-14,18-20H,4-7,9-11H2/t13-,14-/m0/s1. The Morgan fingerprint density at radius 1 is 1.32 bits per heavy atom. The molecular formula is C16H23FN4O3S. The van der Waals surface area contributed by atoms with Gasteiger partial charge in [-0.15, -0.1) is 0 Å². The molecule has 1 amide bonds. The van der Waals surface area contributed by atoms with Crippen LogP contribution in [0.2, 0.25) is 0 Å². The van der Waals surface area contributed by atoms with Crippen molar-refractivity contribution in [2.24, 2.45) is 0 Å². The van der Waals surface area contributed by atoms with Crippen molar-refractivity contribution in [2.45, 2.75) is 23.5 Å². The first-order valence-electron chi connectivity index (χ1n) is 8.43. The highest BCUT2D eigenvalue weighted by Crippen LogP contribution is 2.15. The molecule has 2 fully saturated rings. The number of alkyl halides is 1. The van der Waals surface area contributed by atoms with E-state index in [1.54, 1.807) is 17.0 Å². The van der Waals surface area contributed by atoms with Gasteiger partial charge in [0.1, 0.15) is 6.17 Å². The second kappa shape index (κ2) is 7.77. The summed E-state index contributed by atoms with van der Waals surface area (Å²) in [5.41, 5.74) is 0.354. The number of nitrogens with one attached hydrogen (secondary N) is 3. The molecular weight excluding hydrogens is 347 g/mol. The van der Waals surface area contributed by atoms with E-state index in [1.165, 1.54) is 12.1 Å². The molecule has 3 N–H and O–H groups in total. The van der Waals surface area contributed by atoms with Crippen LogP contribution in [0.3, 0.4) is 0 Å². The second-order valence-corrected chi connectivity index (χ2v) is 8.13. The SMILES string of the molecule is O=C(c1cccc(S(=O)(=O)NC[C@@H]2C[C@H](F)CN2)c1)N1CCNCC1. The van der Waals surface area contributed by atoms with E-state index in [9.17, 15) is 17.6 Å². The summed E-state index contributed by atoms with van der Waals surface area (Å²) in [6, 6.07) is 5.82. The Labute approximate surface area is 147 Å². The van der Waals surface area contributed by atoms with E-state index in [0.29, 0.717) is 25.1 Å². The van der Waals surface area contributed by atoms with Gasteiger partial charge in [-0.1, -0.05) is 6.07 Å². The molecule has 3 rings (SSSR count). The first-order valence-corrected chi connectivity index (χ1v) is 9.91. The van der Waals surface area contributed by atoms with E-state index in [4.69, 9.17) is 0 Å². The van der Waals surface area contributed by atoms with Gasteiger partial charge < -0.3 is 15.5 Å². The molecule has 1 aromatic rings. The molecule has 2 aliphatic rings. The number of carbonyl (C=O) groups excluding carboxylic acids is 1. The molecule has 9 heteroatoms. The number of rotatable bonds is 5. The molecule has 2 saturated heterocycles. The van der Waals surface area contributed by atoms with E-state index in [1.807, 2.05) is 0 Å². The lowest BCUT2D eigenvalue weighted by molar-refractivity contribution is 0.0735. The van der Waals surface area contributed by atoms with Gasteiger partial charge in [0.05, 0.1) is 4.90 Å². The summed E-state index contributed by atoms with van der Waals surface area (Å²) in [7, 11) is -3.75. The van der Waals surface area contributed by atoms with Crippen molar-refractivity contribution in [3.05, 3.63) is 29.8 Å². The van der Waals surface area contributed by atoms with E-state index in [2.05, 4.69) is 15.4 Å². The molecule has 25 heavy (non-hydrogen) atoms. The molecule has 138 valence electrons. The summed E-state index contributed by atoms with van der Waals surface area (Å²) < 4.78 is 40.5. The average molecular weight is 370 g/mol.